The number of rotatable bonds is 6. The zero-order chi connectivity index (χ0) is 10.2. The van der Waals surface area contributed by atoms with E-state index in [2.05, 4.69) is 5.32 Å². The number of nitrogens with two attached hydrogens (primary N) is 1. The predicted octanol–water partition coefficient (Wildman–Crippen LogP) is -0.129. The van der Waals surface area contributed by atoms with Gasteiger partial charge in [0.1, 0.15) is 6.61 Å². The van der Waals surface area contributed by atoms with Crippen molar-refractivity contribution in [1.82, 2.24) is 5.32 Å². The van der Waals surface area contributed by atoms with Gasteiger partial charge in [-0.15, -0.1) is 0 Å². The lowest BCUT2D eigenvalue weighted by atomic mass is 10.3. The number of nitrogens with one attached hydrogen (secondary N) is 1. The summed E-state index contributed by atoms with van der Waals surface area (Å²) in [7, 11) is 0. The molecule has 1 rings (SSSR count). The van der Waals surface area contributed by atoms with Crippen molar-refractivity contribution in [3.05, 3.63) is 24.2 Å². The molecule has 0 atom stereocenters. The number of carbonyl (C=O) groups is 1. The van der Waals surface area contributed by atoms with Gasteiger partial charge in [-0.25, -0.2) is 0 Å². The van der Waals surface area contributed by atoms with E-state index in [4.69, 9.17) is 14.9 Å². The van der Waals surface area contributed by atoms with Gasteiger partial charge in [-0.2, -0.15) is 0 Å². The van der Waals surface area contributed by atoms with E-state index >= 15 is 0 Å². The first kappa shape index (κ1) is 10.7. The van der Waals surface area contributed by atoms with Gasteiger partial charge in [0.2, 0.25) is 5.91 Å². The Labute approximate surface area is 82.2 Å². The van der Waals surface area contributed by atoms with Crippen LogP contribution in [0.2, 0.25) is 0 Å². The first-order valence-electron chi connectivity index (χ1n) is 4.38. The van der Waals surface area contributed by atoms with Crippen LogP contribution in [0.1, 0.15) is 5.56 Å². The zero-order valence-corrected chi connectivity index (χ0v) is 7.86. The molecule has 3 N–H and O–H groups in total. The summed E-state index contributed by atoms with van der Waals surface area (Å²) in [6.07, 6.45) is 3.15. The van der Waals surface area contributed by atoms with Crippen molar-refractivity contribution in [1.29, 1.82) is 0 Å². The molecule has 1 aromatic rings. The summed E-state index contributed by atoms with van der Waals surface area (Å²) in [5.74, 6) is -0.153. The van der Waals surface area contributed by atoms with E-state index in [-0.39, 0.29) is 12.5 Å². The van der Waals surface area contributed by atoms with Crippen LogP contribution >= 0.6 is 0 Å². The van der Waals surface area contributed by atoms with Gasteiger partial charge in [-0.1, -0.05) is 0 Å². The van der Waals surface area contributed by atoms with Crippen molar-refractivity contribution in [3.63, 3.8) is 0 Å². The van der Waals surface area contributed by atoms with E-state index in [0.717, 1.165) is 5.56 Å². The summed E-state index contributed by atoms with van der Waals surface area (Å²) >= 11 is 0. The largest absolute Gasteiger partial charge is 0.472 e. The zero-order valence-electron chi connectivity index (χ0n) is 7.86. The molecule has 0 unspecified atom stereocenters. The number of ether oxygens (including phenoxy) is 1. The van der Waals surface area contributed by atoms with Gasteiger partial charge in [0.05, 0.1) is 19.1 Å². The van der Waals surface area contributed by atoms with Crippen molar-refractivity contribution >= 4 is 5.91 Å². The highest BCUT2D eigenvalue weighted by Gasteiger charge is 2.01. The molecule has 1 heterocycles. The highest BCUT2D eigenvalue weighted by Crippen LogP contribution is 1.97. The van der Waals surface area contributed by atoms with Crippen LogP contribution in [-0.2, 0) is 16.1 Å². The molecule has 1 aromatic heterocycles. The summed E-state index contributed by atoms with van der Waals surface area (Å²) in [5, 5.41) is 2.68. The highest BCUT2D eigenvalue weighted by atomic mass is 16.5. The molecule has 0 fully saturated rings. The minimum Gasteiger partial charge on any atom is -0.472 e. The highest BCUT2D eigenvalue weighted by molar-refractivity contribution is 5.77. The molecule has 0 radical (unpaired) electrons. The Bertz CT molecular complexity index is 259. The maximum atomic E-state index is 11.1. The summed E-state index contributed by atoms with van der Waals surface area (Å²) in [6.45, 7) is 1.34. The monoisotopic (exact) mass is 198 g/mol. The Kier molecular flexibility index (Phi) is 4.74. The molecule has 0 saturated heterocycles. The van der Waals surface area contributed by atoms with E-state index in [1.807, 2.05) is 0 Å². The third-order valence-corrected chi connectivity index (χ3v) is 1.57. The van der Waals surface area contributed by atoms with Gasteiger partial charge in [-0.05, 0) is 6.07 Å². The Morgan fingerprint density at radius 1 is 1.64 bits per heavy atom. The molecule has 0 aromatic carbocycles. The number of carbonyl (C=O) groups excluding carboxylic acids is 1. The Balaban J connectivity index is 2.09. The Morgan fingerprint density at radius 3 is 3.14 bits per heavy atom. The second kappa shape index (κ2) is 6.17. The minimum atomic E-state index is -0.153. The van der Waals surface area contributed by atoms with Gasteiger partial charge in [0, 0.05) is 18.7 Å². The number of hydrogen-bond acceptors (Lipinski definition) is 4. The lowest BCUT2D eigenvalue weighted by Gasteiger charge is -2.03. The van der Waals surface area contributed by atoms with Crippen LogP contribution in [0.15, 0.2) is 23.0 Å². The van der Waals surface area contributed by atoms with E-state index in [0.29, 0.717) is 19.7 Å². The molecule has 1 amide bonds. The van der Waals surface area contributed by atoms with E-state index in [9.17, 15) is 4.79 Å². The fraction of sp³-hybridized carbons (Fsp3) is 0.444. The molecule has 0 bridgehead atoms. The van der Waals surface area contributed by atoms with Crippen LogP contribution < -0.4 is 11.1 Å². The second-order valence-corrected chi connectivity index (χ2v) is 2.75. The van der Waals surface area contributed by atoms with Crippen LogP contribution in [0.4, 0.5) is 0 Å². The lowest BCUT2D eigenvalue weighted by Crippen LogP contribution is -2.27. The standard InChI is InChI=1S/C9H14N2O3/c10-2-4-14-7-9(12)11-5-8-1-3-13-6-8/h1,3,6H,2,4-5,7,10H2,(H,11,12). The smallest absolute Gasteiger partial charge is 0.246 e. The number of furan rings is 1. The summed E-state index contributed by atoms with van der Waals surface area (Å²) in [4.78, 5) is 11.1. The Hall–Kier alpha value is -1.33. The quantitative estimate of drug-likeness (QED) is 0.624. The van der Waals surface area contributed by atoms with Crippen LogP contribution in [0.3, 0.4) is 0 Å². The molecule has 0 saturated carbocycles. The fourth-order valence-corrected chi connectivity index (χ4v) is 0.893. The number of amides is 1. The summed E-state index contributed by atoms with van der Waals surface area (Å²) in [5.41, 5.74) is 6.12. The second-order valence-electron chi connectivity index (χ2n) is 2.75. The van der Waals surface area contributed by atoms with Crippen LogP contribution in [0.25, 0.3) is 0 Å². The van der Waals surface area contributed by atoms with Crippen LogP contribution in [0.5, 0.6) is 0 Å². The topological polar surface area (TPSA) is 77.5 Å². The van der Waals surface area contributed by atoms with Crippen molar-refractivity contribution in [2.75, 3.05) is 19.8 Å². The van der Waals surface area contributed by atoms with Crippen molar-refractivity contribution in [2.45, 2.75) is 6.54 Å². The molecule has 0 aliphatic rings. The number of hydrogen-bond donors (Lipinski definition) is 2. The Morgan fingerprint density at radius 2 is 2.50 bits per heavy atom. The average molecular weight is 198 g/mol. The first-order chi connectivity index (χ1) is 6.83. The van der Waals surface area contributed by atoms with Gasteiger partial charge in [0.15, 0.2) is 0 Å². The summed E-state index contributed by atoms with van der Waals surface area (Å²) < 4.78 is 9.80. The van der Waals surface area contributed by atoms with E-state index in [1.165, 1.54) is 0 Å². The molecule has 14 heavy (non-hydrogen) atoms. The van der Waals surface area contributed by atoms with E-state index in [1.54, 1.807) is 18.6 Å². The SMILES string of the molecule is NCCOCC(=O)NCc1ccoc1. The summed E-state index contributed by atoms with van der Waals surface area (Å²) in [6, 6.07) is 1.79. The van der Waals surface area contributed by atoms with Crippen LogP contribution in [-0.4, -0.2) is 25.7 Å². The molecule has 0 aliphatic carbocycles. The third-order valence-electron chi connectivity index (χ3n) is 1.57. The van der Waals surface area contributed by atoms with Crippen molar-refractivity contribution < 1.29 is 13.9 Å². The maximum absolute atomic E-state index is 11.1. The van der Waals surface area contributed by atoms with Crippen molar-refractivity contribution in [3.8, 4) is 0 Å². The average Bonchev–Trinajstić information content (AvgIpc) is 2.68. The molecule has 78 valence electrons. The predicted molar refractivity (Wildman–Crippen MR) is 50.4 cm³/mol. The van der Waals surface area contributed by atoms with Gasteiger partial charge >= 0.3 is 0 Å². The molecular weight excluding hydrogens is 184 g/mol. The first-order valence-corrected chi connectivity index (χ1v) is 4.38. The van der Waals surface area contributed by atoms with Gasteiger partial charge in [-0.3, -0.25) is 4.79 Å². The molecular formula is C9H14N2O3. The lowest BCUT2D eigenvalue weighted by molar-refractivity contribution is -0.125. The van der Waals surface area contributed by atoms with Crippen molar-refractivity contribution in [2.24, 2.45) is 5.73 Å². The maximum Gasteiger partial charge on any atom is 0.246 e. The normalized spacial score (nSPS) is 10.1. The molecule has 0 spiro atoms. The van der Waals surface area contributed by atoms with Gasteiger partial charge < -0.3 is 20.2 Å². The van der Waals surface area contributed by atoms with Crippen LogP contribution in [0, 0.1) is 0 Å². The molecule has 0 aliphatic heterocycles. The third kappa shape index (κ3) is 4.06. The molecule has 5 nitrogen and oxygen atoms in total. The fourth-order valence-electron chi connectivity index (χ4n) is 0.893. The van der Waals surface area contributed by atoms with Gasteiger partial charge in [0.25, 0.3) is 0 Å². The molecule has 5 heteroatoms. The minimum absolute atomic E-state index is 0.0506. The van der Waals surface area contributed by atoms with E-state index < -0.39 is 0 Å².